The van der Waals surface area contributed by atoms with Gasteiger partial charge in [0.2, 0.25) is 5.91 Å². The molecule has 1 heterocycles. The van der Waals surface area contributed by atoms with E-state index < -0.39 is 0 Å². The molecule has 0 saturated heterocycles. The monoisotopic (exact) mass is 284 g/mol. The molecule has 0 radical (unpaired) electrons. The van der Waals surface area contributed by atoms with E-state index in [0.717, 1.165) is 0 Å². The molecule has 2 rings (SSSR count). The number of anilines is 2. The first kappa shape index (κ1) is 15.0. The van der Waals surface area contributed by atoms with Crippen LogP contribution in [-0.2, 0) is 11.3 Å². The first-order valence-electron chi connectivity index (χ1n) is 6.99. The van der Waals surface area contributed by atoms with E-state index in [2.05, 4.69) is 39.9 Å². The molecule has 0 atom stereocenters. The molecule has 1 aromatic heterocycles. The summed E-state index contributed by atoms with van der Waals surface area (Å²) >= 11 is 0. The molecule has 0 fully saturated rings. The van der Waals surface area contributed by atoms with Gasteiger partial charge in [0.1, 0.15) is 5.82 Å². The van der Waals surface area contributed by atoms with E-state index in [-0.39, 0.29) is 11.8 Å². The molecular formula is C16H20N4O. The summed E-state index contributed by atoms with van der Waals surface area (Å²) < 4.78 is 0. The van der Waals surface area contributed by atoms with Crippen molar-refractivity contribution >= 4 is 17.5 Å². The summed E-state index contributed by atoms with van der Waals surface area (Å²) in [6.45, 7) is 6.44. The van der Waals surface area contributed by atoms with Crippen molar-refractivity contribution in [3.8, 4) is 0 Å². The molecule has 5 heteroatoms. The predicted molar refractivity (Wildman–Crippen MR) is 84.0 cm³/mol. The van der Waals surface area contributed by atoms with Gasteiger partial charge in [0.25, 0.3) is 0 Å². The summed E-state index contributed by atoms with van der Waals surface area (Å²) in [5.41, 5.74) is 2.45. The third-order valence-corrected chi connectivity index (χ3v) is 3.16. The number of aromatic nitrogens is 2. The van der Waals surface area contributed by atoms with Crippen molar-refractivity contribution < 1.29 is 4.79 Å². The van der Waals surface area contributed by atoms with E-state index in [0.29, 0.717) is 18.2 Å². The van der Waals surface area contributed by atoms with Crippen LogP contribution in [-0.4, -0.2) is 16.1 Å². The fraction of sp³-hybridized carbons (Fsp3) is 0.312. The molecule has 2 N–H and O–H groups in total. The molecule has 0 unspecified atom stereocenters. The Kier molecular flexibility index (Phi) is 4.87. The Bertz CT molecular complexity index is 608. The van der Waals surface area contributed by atoms with Gasteiger partial charge in [-0.3, -0.25) is 4.79 Å². The van der Waals surface area contributed by atoms with Gasteiger partial charge in [-0.05, 0) is 30.2 Å². The van der Waals surface area contributed by atoms with E-state index in [1.807, 2.05) is 26.0 Å². The number of benzene rings is 1. The second-order valence-corrected chi connectivity index (χ2v) is 5.23. The average Bonchev–Trinajstić information content (AvgIpc) is 2.48. The molecule has 21 heavy (non-hydrogen) atoms. The van der Waals surface area contributed by atoms with Crippen molar-refractivity contribution in [3.05, 3.63) is 47.5 Å². The van der Waals surface area contributed by atoms with Gasteiger partial charge in [0.05, 0.1) is 0 Å². The normalized spacial score (nSPS) is 10.5. The lowest BCUT2D eigenvalue weighted by Gasteiger charge is -2.09. The minimum Gasteiger partial charge on any atom is -0.364 e. The van der Waals surface area contributed by atoms with Gasteiger partial charge in [-0.15, -0.1) is 10.2 Å². The molecule has 110 valence electrons. The van der Waals surface area contributed by atoms with Crippen LogP contribution in [0.5, 0.6) is 0 Å². The van der Waals surface area contributed by atoms with Gasteiger partial charge in [-0.1, -0.05) is 38.1 Å². The number of aryl methyl sites for hydroxylation is 1. The highest BCUT2D eigenvalue weighted by atomic mass is 16.1. The summed E-state index contributed by atoms with van der Waals surface area (Å²) in [7, 11) is 0. The summed E-state index contributed by atoms with van der Waals surface area (Å²) in [5, 5.41) is 14.0. The standard InChI is InChI=1S/C16H20N4O/c1-11(2)16(21)18-15-9-8-14(19-20-15)17-10-13-7-5-4-6-12(13)3/h4-9,11H,10H2,1-3H3,(H,17,19)(H,18,20,21). The largest absolute Gasteiger partial charge is 0.364 e. The minimum atomic E-state index is -0.0781. The van der Waals surface area contributed by atoms with E-state index in [9.17, 15) is 4.79 Å². The maximum atomic E-state index is 11.6. The Labute approximate surface area is 124 Å². The number of nitrogens with one attached hydrogen (secondary N) is 2. The Hall–Kier alpha value is -2.43. The summed E-state index contributed by atoms with van der Waals surface area (Å²) in [4.78, 5) is 11.6. The third kappa shape index (κ3) is 4.27. The Balaban J connectivity index is 1.94. The van der Waals surface area contributed by atoms with E-state index in [1.54, 1.807) is 12.1 Å². The molecule has 0 spiro atoms. The van der Waals surface area contributed by atoms with Gasteiger partial charge < -0.3 is 10.6 Å². The van der Waals surface area contributed by atoms with Crippen LogP contribution in [0.1, 0.15) is 25.0 Å². The van der Waals surface area contributed by atoms with Gasteiger partial charge in [-0.2, -0.15) is 0 Å². The molecule has 1 aromatic carbocycles. The number of nitrogens with zero attached hydrogens (tertiary/aromatic N) is 2. The first-order chi connectivity index (χ1) is 10.1. The fourth-order valence-corrected chi connectivity index (χ4v) is 1.76. The van der Waals surface area contributed by atoms with E-state index >= 15 is 0 Å². The Morgan fingerprint density at radius 3 is 2.38 bits per heavy atom. The summed E-state index contributed by atoms with van der Waals surface area (Å²) in [6, 6.07) is 11.7. The fourth-order valence-electron chi connectivity index (χ4n) is 1.76. The molecule has 1 amide bonds. The van der Waals surface area contributed by atoms with Gasteiger partial charge >= 0.3 is 0 Å². The molecule has 5 nitrogen and oxygen atoms in total. The van der Waals surface area contributed by atoms with Gasteiger partial charge in [0.15, 0.2) is 5.82 Å². The third-order valence-electron chi connectivity index (χ3n) is 3.16. The van der Waals surface area contributed by atoms with Crippen LogP contribution >= 0.6 is 0 Å². The van der Waals surface area contributed by atoms with Crippen LogP contribution in [0.25, 0.3) is 0 Å². The smallest absolute Gasteiger partial charge is 0.228 e. The number of hydrogen-bond donors (Lipinski definition) is 2. The van der Waals surface area contributed by atoms with Crippen molar-refractivity contribution in [1.82, 2.24) is 10.2 Å². The number of carbonyl (C=O) groups is 1. The van der Waals surface area contributed by atoms with Crippen molar-refractivity contribution in [1.29, 1.82) is 0 Å². The number of amides is 1. The zero-order valence-electron chi connectivity index (χ0n) is 12.6. The average molecular weight is 284 g/mol. The van der Waals surface area contributed by atoms with Crippen LogP contribution in [0.3, 0.4) is 0 Å². The van der Waals surface area contributed by atoms with Crippen molar-refractivity contribution in [3.63, 3.8) is 0 Å². The maximum absolute atomic E-state index is 11.6. The zero-order chi connectivity index (χ0) is 15.2. The SMILES string of the molecule is Cc1ccccc1CNc1ccc(NC(=O)C(C)C)nn1. The second kappa shape index (κ2) is 6.83. The molecule has 2 aromatic rings. The summed E-state index contributed by atoms with van der Waals surface area (Å²) in [6.07, 6.45) is 0. The summed E-state index contributed by atoms with van der Waals surface area (Å²) in [5.74, 6) is 1.01. The minimum absolute atomic E-state index is 0.0649. The lowest BCUT2D eigenvalue weighted by Crippen LogP contribution is -2.18. The Morgan fingerprint density at radius 2 is 1.76 bits per heavy atom. The van der Waals surface area contributed by atoms with Crippen LogP contribution in [0, 0.1) is 12.8 Å². The first-order valence-corrected chi connectivity index (χ1v) is 6.99. The number of rotatable bonds is 5. The van der Waals surface area contributed by atoms with E-state index in [4.69, 9.17) is 0 Å². The molecule has 0 bridgehead atoms. The number of hydrogen-bond acceptors (Lipinski definition) is 4. The molecule has 0 aliphatic carbocycles. The Morgan fingerprint density at radius 1 is 1.10 bits per heavy atom. The molecule has 0 aliphatic heterocycles. The van der Waals surface area contributed by atoms with Gasteiger partial charge in [-0.25, -0.2) is 0 Å². The lowest BCUT2D eigenvalue weighted by molar-refractivity contribution is -0.118. The maximum Gasteiger partial charge on any atom is 0.228 e. The second-order valence-electron chi connectivity index (χ2n) is 5.23. The number of carbonyl (C=O) groups excluding carboxylic acids is 1. The van der Waals surface area contributed by atoms with Crippen molar-refractivity contribution in [2.24, 2.45) is 5.92 Å². The van der Waals surface area contributed by atoms with Crippen LogP contribution in [0.4, 0.5) is 11.6 Å². The van der Waals surface area contributed by atoms with Crippen molar-refractivity contribution in [2.75, 3.05) is 10.6 Å². The highest BCUT2D eigenvalue weighted by Gasteiger charge is 2.08. The van der Waals surface area contributed by atoms with Gasteiger partial charge in [0, 0.05) is 12.5 Å². The highest BCUT2D eigenvalue weighted by Crippen LogP contribution is 2.11. The molecular weight excluding hydrogens is 264 g/mol. The molecule has 0 saturated carbocycles. The van der Waals surface area contributed by atoms with Crippen LogP contribution in [0.2, 0.25) is 0 Å². The van der Waals surface area contributed by atoms with Crippen molar-refractivity contribution in [2.45, 2.75) is 27.3 Å². The van der Waals surface area contributed by atoms with E-state index in [1.165, 1.54) is 11.1 Å². The highest BCUT2D eigenvalue weighted by molar-refractivity contribution is 5.91. The topological polar surface area (TPSA) is 66.9 Å². The lowest BCUT2D eigenvalue weighted by atomic mass is 10.1. The predicted octanol–water partition coefficient (Wildman–Crippen LogP) is 2.99. The molecule has 0 aliphatic rings. The van der Waals surface area contributed by atoms with Crippen LogP contribution in [0.15, 0.2) is 36.4 Å². The quantitative estimate of drug-likeness (QED) is 0.885. The zero-order valence-corrected chi connectivity index (χ0v) is 12.6. The van der Waals surface area contributed by atoms with Crippen LogP contribution < -0.4 is 10.6 Å².